The third-order valence-corrected chi connectivity index (χ3v) is 4.33. The molecule has 0 saturated carbocycles. The molecule has 158 valence electrons. The number of oxazole rings is 1. The molecule has 0 aliphatic heterocycles. The van der Waals surface area contributed by atoms with E-state index in [1.165, 1.54) is 12.3 Å². The van der Waals surface area contributed by atoms with Crippen LogP contribution in [-0.2, 0) is 17.8 Å². The molecule has 8 heteroatoms. The number of carbonyl (C=O) groups is 1. The average Bonchev–Trinajstić information content (AvgIpc) is 3.20. The Balaban J connectivity index is 1.52. The van der Waals surface area contributed by atoms with Crippen LogP contribution in [-0.4, -0.2) is 24.6 Å². The van der Waals surface area contributed by atoms with Crippen LogP contribution in [0.25, 0.3) is 11.3 Å². The maximum absolute atomic E-state index is 13.8. The van der Waals surface area contributed by atoms with Crippen LogP contribution >= 0.6 is 0 Å². The zero-order valence-corrected chi connectivity index (χ0v) is 16.7. The molecule has 0 spiro atoms. The van der Waals surface area contributed by atoms with E-state index < -0.39 is 11.6 Å². The van der Waals surface area contributed by atoms with Crippen LogP contribution in [0.5, 0.6) is 11.5 Å². The first-order valence-corrected chi connectivity index (χ1v) is 9.46. The van der Waals surface area contributed by atoms with E-state index in [1.54, 1.807) is 13.2 Å². The molecule has 0 atom stereocenters. The van der Waals surface area contributed by atoms with E-state index in [4.69, 9.17) is 13.9 Å². The van der Waals surface area contributed by atoms with E-state index in [9.17, 15) is 13.6 Å². The predicted molar refractivity (Wildman–Crippen MR) is 106 cm³/mol. The highest BCUT2D eigenvalue weighted by Gasteiger charge is 2.13. The number of halogens is 2. The topological polar surface area (TPSA) is 73.6 Å². The lowest BCUT2D eigenvalue weighted by molar-refractivity contribution is -0.121. The summed E-state index contributed by atoms with van der Waals surface area (Å²) in [5, 5.41) is 2.82. The van der Waals surface area contributed by atoms with Gasteiger partial charge in [-0.05, 0) is 36.8 Å². The molecule has 3 aromatic rings. The van der Waals surface area contributed by atoms with Crippen LogP contribution in [0.15, 0.2) is 47.0 Å². The normalized spacial score (nSPS) is 10.7. The molecular weight excluding hydrogens is 394 g/mol. The number of rotatable bonds is 9. The van der Waals surface area contributed by atoms with E-state index in [-0.39, 0.29) is 30.1 Å². The van der Waals surface area contributed by atoms with Crippen LogP contribution in [0, 0.1) is 11.6 Å². The fourth-order valence-electron chi connectivity index (χ4n) is 2.85. The van der Waals surface area contributed by atoms with Crippen molar-refractivity contribution < 1.29 is 27.5 Å². The van der Waals surface area contributed by atoms with Gasteiger partial charge in [-0.15, -0.1) is 0 Å². The Labute approximate surface area is 172 Å². The molecule has 0 radical (unpaired) electrons. The maximum Gasteiger partial charge on any atom is 0.220 e. The smallest absolute Gasteiger partial charge is 0.220 e. The summed E-state index contributed by atoms with van der Waals surface area (Å²) in [7, 11) is 1.56. The number of methoxy groups -OCH3 is 1. The summed E-state index contributed by atoms with van der Waals surface area (Å²) in [6, 6.07) is 8.67. The largest absolute Gasteiger partial charge is 0.493 e. The molecular formula is C22H22F2N2O4. The summed E-state index contributed by atoms with van der Waals surface area (Å²) < 4.78 is 43.1. The van der Waals surface area contributed by atoms with Gasteiger partial charge in [0.15, 0.2) is 23.1 Å². The number of hydrogen-bond donors (Lipinski definition) is 1. The van der Waals surface area contributed by atoms with Gasteiger partial charge in [-0.2, -0.15) is 0 Å². The molecule has 0 fully saturated rings. The fourth-order valence-corrected chi connectivity index (χ4v) is 2.85. The molecule has 0 bridgehead atoms. The van der Waals surface area contributed by atoms with Gasteiger partial charge >= 0.3 is 0 Å². The molecule has 1 heterocycles. The van der Waals surface area contributed by atoms with Gasteiger partial charge in [0, 0.05) is 25.5 Å². The van der Waals surface area contributed by atoms with Gasteiger partial charge in [-0.3, -0.25) is 4.79 Å². The second-order valence-corrected chi connectivity index (χ2v) is 6.44. The molecule has 1 aromatic heterocycles. The Morgan fingerprint density at radius 3 is 2.73 bits per heavy atom. The van der Waals surface area contributed by atoms with Crippen LogP contribution in [0.4, 0.5) is 8.78 Å². The molecule has 1 amide bonds. The van der Waals surface area contributed by atoms with Crippen molar-refractivity contribution in [3.05, 3.63) is 65.7 Å². The molecule has 1 N–H and O–H groups in total. The molecule has 0 saturated heterocycles. The van der Waals surface area contributed by atoms with Crippen molar-refractivity contribution in [2.45, 2.75) is 26.3 Å². The van der Waals surface area contributed by atoms with E-state index in [0.29, 0.717) is 30.5 Å². The Hall–Kier alpha value is -3.42. The first kappa shape index (κ1) is 21.3. The van der Waals surface area contributed by atoms with Crippen molar-refractivity contribution >= 4 is 5.91 Å². The summed E-state index contributed by atoms with van der Waals surface area (Å²) >= 11 is 0. The lowest BCUT2D eigenvalue weighted by Gasteiger charge is -2.11. The number of hydrogen-bond acceptors (Lipinski definition) is 5. The minimum atomic E-state index is -0.735. The fraction of sp³-hybridized carbons (Fsp3) is 0.273. The van der Waals surface area contributed by atoms with Gasteiger partial charge in [-0.25, -0.2) is 13.8 Å². The van der Waals surface area contributed by atoms with Crippen molar-refractivity contribution in [2.24, 2.45) is 0 Å². The highest BCUT2D eigenvalue weighted by atomic mass is 19.1. The van der Waals surface area contributed by atoms with Crippen molar-refractivity contribution in [2.75, 3.05) is 13.7 Å². The molecule has 0 aliphatic rings. The second-order valence-electron chi connectivity index (χ2n) is 6.44. The van der Waals surface area contributed by atoms with Gasteiger partial charge in [0.1, 0.15) is 11.6 Å². The van der Waals surface area contributed by atoms with Crippen molar-refractivity contribution in [3.8, 4) is 22.8 Å². The van der Waals surface area contributed by atoms with Gasteiger partial charge in [-0.1, -0.05) is 6.07 Å². The third-order valence-electron chi connectivity index (χ3n) is 4.33. The molecule has 0 unspecified atom stereocenters. The zero-order valence-electron chi connectivity index (χ0n) is 16.7. The summed E-state index contributed by atoms with van der Waals surface area (Å²) in [5.41, 5.74) is 0.984. The van der Waals surface area contributed by atoms with Crippen LogP contribution in [0.2, 0.25) is 0 Å². The number of ether oxygens (including phenoxy) is 2. The summed E-state index contributed by atoms with van der Waals surface area (Å²) in [4.78, 5) is 16.2. The van der Waals surface area contributed by atoms with Crippen molar-refractivity contribution in [1.82, 2.24) is 10.3 Å². The summed E-state index contributed by atoms with van der Waals surface area (Å²) in [6.45, 7) is 2.75. The number of nitrogens with one attached hydrogen (secondary N) is 1. The maximum atomic E-state index is 13.8. The molecule has 30 heavy (non-hydrogen) atoms. The SMILES string of the molecule is CCOc1ccc(CNC(=O)CCc2ncc(-c3ccc(F)cc3F)o2)cc1OC. The lowest BCUT2D eigenvalue weighted by atomic mass is 10.2. The molecule has 2 aromatic carbocycles. The highest BCUT2D eigenvalue weighted by Crippen LogP contribution is 2.28. The van der Waals surface area contributed by atoms with E-state index in [0.717, 1.165) is 17.7 Å². The first-order chi connectivity index (χ1) is 14.5. The first-order valence-electron chi connectivity index (χ1n) is 9.46. The Morgan fingerprint density at radius 2 is 2.00 bits per heavy atom. The van der Waals surface area contributed by atoms with Crippen LogP contribution < -0.4 is 14.8 Å². The quantitative estimate of drug-likeness (QED) is 0.564. The van der Waals surface area contributed by atoms with Crippen molar-refractivity contribution in [3.63, 3.8) is 0 Å². The van der Waals surface area contributed by atoms with Gasteiger partial charge in [0.2, 0.25) is 5.91 Å². The summed E-state index contributed by atoms with van der Waals surface area (Å²) in [6.07, 6.45) is 1.76. The monoisotopic (exact) mass is 416 g/mol. The number of carbonyl (C=O) groups excluding carboxylic acids is 1. The number of benzene rings is 2. The number of amides is 1. The second kappa shape index (κ2) is 9.87. The Kier molecular flexibility index (Phi) is 7.00. The third kappa shape index (κ3) is 5.34. The average molecular weight is 416 g/mol. The molecule has 6 nitrogen and oxygen atoms in total. The van der Waals surface area contributed by atoms with E-state index in [1.807, 2.05) is 19.1 Å². The number of nitrogens with zero attached hydrogens (tertiary/aromatic N) is 1. The Bertz CT molecular complexity index is 1020. The van der Waals surface area contributed by atoms with E-state index >= 15 is 0 Å². The molecule has 0 aliphatic carbocycles. The standard InChI is InChI=1S/C22H22F2N2O4/c1-3-29-18-7-4-14(10-19(18)28-2)12-25-21(27)8-9-22-26-13-20(30-22)16-6-5-15(23)11-17(16)24/h4-7,10-11,13H,3,8-9,12H2,1-2H3,(H,25,27). The van der Waals surface area contributed by atoms with Crippen molar-refractivity contribution in [1.29, 1.82) is 0 Å². The number of aromatic nitrogens is 1. The van der Waals surface area contributed by atoms with Gasteiger partial charge in [0.25, 0.3) is 0 Å². The Morgan fingerprint density at radius 1 is 1.17 bits per heavy atom. The minimum absolute atomic E-state index is 0.115. The zero-order chi connectivity index (χ0) is 21.5. The van der Waals surface area contributed by atoms with Crippen LogP contribution in [0.3, 0.4) is 0 Å². The summed E-state index contributed by atoms with van der Waals surface area (Å²) in [5.74, 6) is 0.141. The van der Waals surface area contributed by atoms with E-state index in [2.05, 4.69) is 10.3 Å². The van der Waals surface area contributed by atoms with Gasteiger partial charge in [0.05, 0.1) is 25.5 Å². The van der Waals surface area contributed by atoms with Gasteiger partial charge < -0.3 is 19.2 Å². The lowest BCUT2D eigenvalue weighted by Crippen LogP contribution is -2.23. The van der Waals surface area contributed by atoms with Crippen LogP contribution in [0.1, 0.15) is 24.8 Å². The predicted octanol–water partition coefficient (Wildman–Crippen LogP) is 4.28. The highest BCUT2D eigenvalue weighted by molar-refractivity contribution is 5.76. The minimum Gasteiger partial charge on any atom is -0.493 e. The molecule has 3 rings (SSSR count). The number of aryl methyl sites for hydroxylation is 1.